The first-order chi connectivity index (χ1) is 7.24. The summed E-state index contributed by atoms with van der Waals surface area (Å²) in [7, 11) is 0. The second-order valence-electron chi connectivity index (χ2n) is 5.29. The Balaban J connectivity index is 1.72. The van der Waals surface area contributed by atoms with Crippen LogP contribution < -0.4 is 5.73 Å². The molecule has 1 aliphatic carbocycles. The molecule has 0 amide bonds. The molecule has 3 heteroatoms. The van der Waals surface area contributed by atoms with Gasteiger partial charge >= 0.3 is 0 Å². The Hall–Kier alpha value is 0.270. The molecule has 2 aliphatic rings. The molecule has 1 heterocycles. The van der Waals surface area contributed by atoms with Gasteiger partial charge in [0.25, 0.3) is 0 Å². The van der Waals surface area contributed by atoms with Crippen LogP contribution in [0.25, 0.3) is 0 Å². The van der Waals surface area contributed by atoms with E-state index in [1.165, 1.54) is 51.1 Å². The number of nitrogens with two attached hydrogens (primary N) is 1. The van der Waals surface area contributed by atoms with Crippen molar-refractivity contribution in [2.24, 2.45) is 11.1 Å². The fraction of sp³-hybridized carbons (Fsp3) is 1.00. The normalized spacial score (nSPS) is 31.2. The predicted molar refractivity (Wildman–Crippen MR) is 68.3 cm³/mol. The van der Waals surface area contributed by atoms with Crippen LogP contribution in [0.2, 0.25) is 0 Å². The van der Waals surface area contributed by atoms with E-state index >= 15 is 0 Å². The molecule has 0 aromatic carbocycles. The molecule has 1 aliphatic heterocycles. The van der Waals surface area contributed by atoms with Gasteiger partial charge in [-0.15, -0.1) is 0 Å². The predicted octanol–water partition coefficient (Wildman–Crippen LogP) is 1.94. The van der Waals surface area contributed by atoms with E-state index in [4.69, 9.17) is 5.73 Å². The van der Waals surface area contributed by atoms with Crippen LogP contribution in [-0.4, -0.2) is 42.1 Å². The maximum absolute atomic E-state index is 5.89. The molecular weight excluding hydrogens is 204 g/mol. The highest BCUT2D eigenvalue weighted by Gasteiger charge is 2.35. The number of rotatable bonds is 4. The summed E-state index contributed by atoms with van der Waals surface area (Å²) in [5.41, 5.74) is 6.42. The Morgan fingerprint density at radius 3 is 2.80 bits per heavy atom. The van der Waals surface area contributed by atoms with Crippen molar-refractivity contribution < 1.29 is 0 Å². The summed E-state index contributed by atoms with van der Waals surface area (Å²) < 4.78 is 0. The van der Waals surface area contributed by atoms with Crippen molar-refractivity contribution in [2.45, 2.75) is 37.9 Å². The van der Waals surface area contributed by atoms with Crippen LogP contribution in [-0.2, 0) is 0 Å². The second-order valence-corrected chi connectivity index (χ2v) is 6.84. The molecule has 1 saturated heterocycles. The van der Waals surface area contributed by atoms with Gasteiger partial charge in [-0.2, -0.15) is 11.8 Å². The van der Waals surface area contributed by atoms with Crippen molar-refractivity contribution in [2.75, 3.05) is 31.9 Å². The Morgan fingerprint density at radius 1 is 1.47 bits per heavy atom. The number of nitrogens with zero attached hydrogens (tertiary/aromatic N) is 1. The highest BCUT2D eigenvalue weighted by Crippen LogP contribution is 2.43. The fourth-order valence-corrected chi connectivity index (χ4v) is 3.80. The zero-order chi connectivity index (χ0) is 10.7. The first kappa shape index (κ1) is 11.7. The molecule has 1 saturated carbocycles. The third kappa shape index (κ3) is 2.89. The van der Waals surface area contributed by atoms with E-state index in [1.54, 1.807) is 0 Å². The van der Waals surface area contributed by atoms with Crippen LogP contribution in [0.3, 0.4) is 0 Å². The monoisotopic (exact) mass is 228 g/mol. The average molecular weight is 228 g/mol. The highest BCUT2D eigenvalue weighted by atomic mass is 32.2. The van der Waals surface area contributed by atoms with E-state index < -0.39 is 0 Å². The number of thioether (sulfide) groups is 1. The summed E-state index contributed by atoms with van der Waals surface area (Å²) in [6.07, 6.45) is 5.49. The van der Waals surface area contributed by atoms with Gasteiger partial charge in [-0.25, -0.2) is 0 Å². The molecule has 0 radical (unpaired) electrons. The number of hydrogen-bond donors (Lipinski definition) is 1. The first-order valence-electron chi connectivity index (χ1n) is 6.28. The quantitative estimate of drug-likeness (QED) is 0.797. The van der Waals surface area contributed by atoms with Gasteiger partial charge in [-0.05, 0) is 37.8 Å². The van der Waals surface area contributed by atoms with Crippen LogP contribution in [0, 0.1) is 5.41 Å². The molecule has 1 unspecified atom stereocenters. The molecule has 0 spiro atoms. The van der Waals surface area contributed by atoms with Crippen molar-refractivity contribution in [3.8, 4) is 0 Å². The lowest BCUT2D eigenvalue weighted by Crippen LogP contribution is -2.43. The molecule has 0 aromatic heterocycles. The van der Waals surface area contributed by atoms with Crippen LogP contribution in [0.4, 0.5) is 0 Å². The molecule has 1 atom stereocenters. The van der Waals surface area contributed by atoms with Gasteiger partial charge in [0.05, 0.1) is 0 Å². The molecule has 2 fully saturated rings. The Kier molecular flexibility index (Phi) is 3.97. The van der Waals surface area contributed by atoms with Crippen LogP contribution >= 0.6 is 11.8 Å². The maximum atomic E-state index is 5.89. The summed E-state index contributed by atoms with van der Waals surface area (Å²) in [5.74, 6) is 1.32. The van der Waals surface area contributed by atoms with E-state index in [2.05, 4.69) is 23.6 Å². The van der Waals surface area contributed by atoms with Crippen molar-refractivity contribution in [1.82, 2.24) is 4.90 Å². The van der Waals surface area contributed by atoms with Crippen molar-refractivity contribution >= 4 is 11.8 Å². The number of hydrogen-bond acceptors (Lipinski definition) is 3. The fourth-order valence-electron chi connectivity index (χ4n) is 2.72. The Morgan fingerprint density at radius 2 is 2.27 bits per heavy atom. The molecule has 15 heavy (non-hydrogen) atoms. The minimum absolute atomic E-state index is 0.536. The van der Waals surface area contributed by atoms with Gasteiger partial charge in [0, 0.05) is 24.1 Å². The van der Waals surface area contributed by atoms with Crippen molar-refractivity contribution in [3.63, 3.8) is 0 Å². The van der Waals surface area contributed by atoms with Gasteiger partial charge in [0.2, 0.25) is 0 Å². The summed E-state index contributed by atoms with van der Waals surface area (Å²) in [5, 5.41) is 0.828. The van der Waals surface area contributed by atoms with Gasteiger partial charge in [0.15, 0.2) is 0 Å². The Bertz CT molecular complexity index is 198. The molecular formula is C12H24N2S. The van der Waals surface area contributed by atoms with Crippen LogP contribution in [0.1, 0.15) is 32.6 Å². The summed E-state index contributed by atoms with van der Waals surface area (Å²) in [6, 6.07) is 0. The molecule has 0 bridgehead atoms. The van der Waals surface area contributed by atoms with Crippen LogP contribution in [0.5, 0.6) is 0 Å². The minimum Gasteiger partial charge on any atom is -0.330 e. The molecule has 2 rings (SSSR count). The zero-order valence-corrected chi connectivity index (χ0v) is 10.7. The van der Waals surface area contributed by atoms with E-state index in [0.717, 1.165) is 11.8 Å². The largest absolute Gasteiger partial charge is 0.330 e. The molecule has 88 valence electrons. The second kappa shape index (κ2) is 5.07. The van der Waals surface area contributed by atoms with Crippen molar-refractivity contribution in [3.05, 3.63) is 0 Å². The van der Waals surface area contributed by atoms with Crippen molar-refractivity contribution in [1.29, 1.82) is 0 Å². The zero-order valence-electron chi connectivity index (χ0n) is 9.87. The molecule has 2 N–H and O–H groups in total. The SMILES string of the molecule is CC1CN(CCC2(CN)CCC2)CCS1. The third-order valence-electron chi connectivity index (χ3n) is 4.13. The molecule has 0 aromatic rings. The summed E-state index contributed by atoms with van der Waals surface area (Å²) in [6.45, 7) is 7.10. The lowest BCUT2D eigenvalue weighted by atomic mass is 9.66. The van der Waals surface area contributed by atoms with Gasteiger partial charge in [-0.1, -0.05) is 13.3 Å². The lowest BCUT2D eigenvalue weighted by Gasteiger charge is -2.43. The van der Waals surface area contributed by atoms with E-state index in [9.17, 15) is 0 Å². The van der Waals surface area contributed by atoms with Gasteiger partial charge in [-0.3, -0.25) is 0 Å². The van der Waals surface area contributed by atoms with E-state index in [-0.39, 0.29) is 0 Å². The van der Waals surface area contributed by atoms with Crippen LogP contribution in [0.15, 0.2) is 0 Å². The van der Waals surface area contributed by atoms with Gasteiger partial charge in [0.1, 0.15) is 0 Å². The maximum Gasteiger partial charge on any atom is 0.0147 e. The topological polar surface area (TPSA) is 29.3 Å². The standard InChI is InChI=1S/C12H24N2S/c1-11-9-14(7-8-15-11)6-5-12(10-13)3-2-4-12/h11H,2-10,13H2,1H3. The van der Waals surface area contributed by atoms with Gasteiger partial charge < -0.3 is 10.6 Å². The van der Waals surface area contributed by atoms with E-state index in [1.807, 2.05) is 0 Å². The summed E-state index contributed by atoms with van der Waals surface area (Å²) >= 11 is 2.11. The lowest BCUT2D eigenvalue weighted by molar-refractivity contribution is 0.107. The smallest absolute Gasteiger partial charge is 0.0147 e. The highest BCUT2D eigenvalue weighted by molar-refractivity contribution is 7.99. The van der Waals surface area contributed by atoms with E-state index in [0.29, 0.717) is 5.41 Å². The third-order valence-corrected chi connectivity index (χ3v) is 5.27. The first-order valence-corrected chi connectivity index (χ1v) is 7.33. The molecule has 2 nitrogen and oxygen atoms in total. The minimum atomic E-state index is 0.536. The average Bonchev–Trinajstić information content (AvgIpc) is 2.17. The Labute approximate surface area is 98.0 Å². The summed E-state index contributed by atoms with van der Waals surface area (Å²) in [4.78, 5) is 2.64.